The van der Waals surface area contributed by atoms with Gasteiger partial charge in [-0.05, 0) is 49.9 Å². The second kappa shape index (κ2) is 5.42. The van der Waals surface area contributed by atoms with E-state index >= 15 is 0 Å². The van der Waals surface area contributed by atoms with Gasteiger partial charge in [0.25, 0.3) is 0 Å². The van der Waals surface area contributed by atoms with Gasteiger partial charge < -0.3 is 5.32 Å². The lowest BCUT2D eigenvalue weighted by Crippen LogP contribution is -2.49. The molecule has 0 radical (unpaired) electrons. The summed E-state index contributed by atoms with van der Waals surface area (Å²) in [4.78, 5) is 34.6. The van der Waals surface area contributed by atoms with Gasteiger partial charge in [0, 0.05) is 12.5 Å². The van der Waals surface area contributed by atoms with Gasteiger partial charge in [0.2, 0.25) is 5.91 Å². The highest BCUT2D eigenvalue weighted by molar-refractivity contribution is 6.35. The van der Waals surface area contributed by atoms with E-state index in [1.807, 2.05) is 0 Å². The number of carbonyl (C=O) groups excluding carboxylic acids is 3. The van der Waals surface area contributed by atoms with Gasteiger partial charge in [0.15, 0.2) is 0 Å². The van der Waals surface area contributed by atoms with Crippen LogP contribution in [0.5, 0.6) is 0 Å². The third-order valence-corrected chi connectivity index (χ3v) is 4.77. The molecule has 0 aromatic rings. The Bertz CT molecular complexity index is 433. The van der Waals surface area contributed by atoms with E-state index in [9.17, 15) is 14.4 Å². The maximum absolute atomic E-state index is 11.8. The molecular formula is C14H21N3O3. The Kier molecular flexibility index (Phi) is 3.63. The minimum Gasteiger partial charge on any atom is -0.345 e. The molecule has 0 saturated heterocycles. The first-order valence-corrected chi connectivity index (χ1v) is 7.51. The zero-order valence-corrected chi connectivity index (χ0v) is 11.5. The molecule has 0 aliphatic heterocycles. The number of carbonyl (C=O) groups is 3. The summed E-state index contributed by atoms with van der Waals surface area (Å²) in [5.74, 6) is 0.267. The molecule has 3 atom stereocenters. The van der Waals surface area contributed by atoms with E-state index in [1.165, 1.54) is 19.3 Å². The summed E-state index contributed by atoms with van der Waals surface area (Å²) in [7, 11) is 0. The van der Waals surface area contributed by atoms with E-state index in [1.54, 1.807) is 0 Å². The van der Waals surface area contributed by atoms with E-state index in [4.69, 9.17) is 0 Å². The first-order chi connectivity index (χ1) is 9.61. The summed E-state index contributed by atoms with van der Waals surface area (Å²) >= 11 is 0. The van der Waals surface area contributed by atoms with Gasteiger partial charge in [0.1, 0.15) is 0 Å². The number of hydrogen-bond acceptors (Lipinski definition) is 3. The monoisotopic (exact) mass is 279 g/mol. The van der Waals surface area contributed by atoms with Crippen LogP contribution in [0.25, 0.3) is 0 Å². The van der Waals surface area contributed by atoms with Crippen molar-refractivity contribution in [2.75, 3.05) is 0 Å². The smallest absolute Gasteiger partial charge is 0.327 e. The predicted octanol–water partition coefficient (Wildman–Crippen LogP) is 0.239. The standard InChI is InChI=1S/C14H21N3O3/c18-12(7-10-6-8-1-2-9(10)5-8)16-17-14(20)13(19)15-11-3-4-11/h8-11H,1-7H2,(H,15,19)(H,16,18)(H,17,20)/t8-,9+,10-/m1/s1. The summed E-state index contributed by atoms with van der Waals surface area (Å²) in [5, 5.41) is 2.57. The van der Waals surface area contributed by atoms with Crippen molar-refractivity contribution in [3.05, 3.63) is 0 Å². The molecule has 0 unspecified atom stereocenters. The van der Waals surface area contributed by atoms with Crippen LogP contribution in [0.1, 0.15) is 44.9 Å². The molecule has 2 bridgehead atoms. The highest BCUT2D eigenvalue weighted by Gasteiger charge is 2.40. The van der Waals surface area contributed by atoms with Crippen LogP contribution in [-0.2, 0) is 14.4 Å². The van der Waals surface area contributed by atoms with E-state index in [0.717, 1.165) is 25.2 Å². The number of amides is 3. The van der Waals surface area contributed by atoms with Crippen LogP contribution in [0.15, 0.2) is 0 Å². The van der Waals surface area contributed by atoms with Crippen molar-refractivity contribution in [2.24, 2.45) is 17.8 Å². The van der Waals surface area contributed by atoms with Gasteiger partial charge in [-0.25, -0.2) is 0 Å². The van der Waals surface area contributed by atoms with Crippen molar-refractivity contribution in [3.8, 4) is 0 Å². The summed E-state index contributed by atoms with van der Waals surface area (Å²) in [6, 6.07) is 0.137. The summed E-state index contributed by atoms with van der Waals surface area (Å²) < 4.78 is 0. The minimum atomic E-state index is -0.793. The number of fused-ring (bicyclic) bond motifs is 2. The fourth-order valence-corrected chi connectivity index (χ4v) is 3.58. The van der Waals surface area contributed by atoms with Crippen LogP contribution < -0.4 is 16.2 Å². The Morgan fingerprint density at radius 3 is 2.30 bits per heavy atom. The predicted molar refractivity (Wildman–Crippen MR) is 71.0 cm³/mol. The minimum absolute atomic E-state index is 0.137. The number of hydrazine groups is 1. The lowest BCUT2D eigenvalue weighted by molar-refractivity contribution is -0.141. The number of hydrogen-bond donors (Lipinski definition) is 3. The van der Waals surface area contributed by atoms with Crippen LogP contribution in [0.2, 0.25) is 0 Å². The summed E-state index contributed by atoms with van der Waals surface area (Å²) in [6.07, 6.45) is 7.23. The summed E-state index contributed by atoms with van der Waals surface area (Å²) in [6.45, 7) is 0. The average molecular weight is 279 g/mol. The molecule has 6 nitrogen and oxygen atoms in total. The van der Waals surface area contributed by atoms with E-state index in [0.29, 0.717) is 18.3 Å². The highest BCUT2D eigenvalue weighted by Crippen LogP contribution is 2.49. The molecule has 3 fully saturated rings. The van der Waals surface area contributed by atoms with Crippen LogP contribution in [0.3, 0.4) is 0 Å². The molecule has 0 aromatic heterocycles. The van der Waals surface area contributed by atoms with E-state index < -0.39 is 11.8 Å². The molecule has 0 aromatic carbocycles. The molecule has 3 aliphatic rings. The molecule has 3 rings (SSSR count). The fourth-order valence-electron chi connectivity index (χ4n) is 3.58. The van der Waals surface area contributed by atoms with Gasteiger partial charge in [-0.15, -0.1) is 0 Å². The normalized spacial score (nSPS) is 30.9. The molecule has 3 aliphatic carbocycles. The molecule has 20 heavy (non-hydrogen) atoms. The van der Waals surface area contributed by atoms with Crippen LogP contribution in [0, 0.1) is 17.8 Å². The fraction of sp³-hybridized carbons (Fsp3) is 0.786. The SMILES string of the molecule is O=C(C[C@H]1C[C@@H]2CC[C@H]1C2)NNC(=O)C(=O)NC1CC1. The third kappa shape index (κ3) is 3.11. The molecule has 0 spiro atoms. The van der Waals surface area contributed by atoms with Crippen LogP contribution >= 0.6 is 0 Å². The molecule has 110 valence electrons. The number of nitrogens with one attached hydrogen (secondary N) is 3. The first kappa shape index (κ1) is 13.4. The Morgan fingerprint density at radius 2 is 1.70 bits per heavy atom. The van der Waals surface area contributed by atoms with Gasteiger partial charge in [-0.3, -0.25) is 25.2 Å². The highest BCUT2D eigenvalue weighted by atomic mass is 16.2. The Hall–Kier alpha value is -1.59. The molecule has 3 N–H and O–H groups in total. The van der Waals surface area contributed by atoms with Crippen molar-refractivity contribution in [3.63, 3.8) is 0 Å². The van der Waals surface area contributed by atoms with Gasteiger partial charge in [-0.1, -0.05) is 6.42 Å². The van der Waals surface area contributed by atoms with E-state index in [-0.39, 0.29) is 11.9 Å². The van der Waals surface area contributed by atoms with Crippen molar-refractivity contribution in [1.82, 2.24) is 16.2 Å². The second-order valence-corrected chi connectivity index (χ2v) is 6.39. The third-order valence-electron chi connectivity index (χ3n) is 4.77. The second-order valence-electron chi connectivity index (χ2n) is 6.39. The molecule has 0 heterocycles. The lowest BCUT2D eigenvalue weighted by Gasteiger charge is -2.20. The molecular weight excluding hydrogens is 258 g/mol. The maximum Gasteiger partial charge on any atom is 0.327 e. The molecule has 3 saturated carbocycles. The quantitative estimate of drug-likeness (QED) is 0.511. The lowest BCUT2D eigenvalue weighted by atomic mass is 9.86. The number of rotatable bonds is 3. The van der Waals surface area contributed by atoms with Crippen LogP contribution in [0.4, 0.5) is 0 Å². The van der Waals surface area contributed by atoms with Crippen molar-refractivity contribution >= 4 is 17.7 Å². The van der Waals surface area contributed by atoms with Crippen molar-refractivity contribution in [2.45, 2.75) is 51.0 Å². The Morgan fingerprint density at radius 1 is 0.900 bits per heavy atom. The van der Waals surface area contributed by atoms with Gasteiger partial charge in [-0.2, -0.15) is 0 Å². The average Bonchev–Trinajstić information content (AvgIpc) is 2.99. The summed E-state index contributed by atoms with van der Waals surface area (Å²) in [5.41, 5.74) is 4.53. The zero-order valence-electron chi connectivity index (χ0n) is 11.5. The largest absolute Gasteiger partial charge is 0.345 e. The van der Waals surface area contributed by atoms with Gasteiger partial charge in [0.05, 0.1) is 0 Å². The van der Waals surface area contributed by atoms with Crippen molar-refractivity contribution < 1.29 is 14.4 Å². The Balaban J connectivity index is 1.36. The topological polar surface area (TPSA) is 87.3 Å². The van der Waals surface area contributed by atoms with Crippen molar-refractivity contribution in [1.29, 1.82) is 0 Å². The Labute approximate surface area is 118 Å². The van der Waals surface area contributed by atoms with Crippen LogP contribution in [-0.4, -0.2) is 23.8 Å². The molecule has 3 amide bonds. The first-order valence-electron chi connectivity index (χ1n) is 7.51. The zero-order chi connectivity index (χ0) is 14.1. The maximum atomic E-state index is 11.8. The van der Waals surface area contributed by atoms with Gasteiger partial charge >= 0.3 is 11.8 Å². The van der Waals surface area contributed by atoms with E-state index in [2.05, 4.69) is 16.2 Å². The molecule has 6 heteroatoms.